The van der Waals surface area contributed by atoms with Gasteiger partial charge in [0.1, 0.15) is 0 Å². The molecule has 1 unspecified atom stereocenters. The second-order valence-electron chi connectivity index (χ2n) is 5.20. The van der Waals surface area contributed by atoms with Crippen molar-refractivity contribution in [2.45, 2.75) is 38.6 Å². The van der Waals surface area contributed by atoms with E-state index in [1.165, 1.54) is 31.3 Å². The summed E-state index contributed by atoms with van der Waals surface area (Å²) in [6.07, 6.45) is 7.42. The van der Waals surface area contributed by atoms with Crippen molar-refractivity contribution in [3.63, 3.8) is 0 Å². The molecule has 1 heterocycles. The minimum atomic E-state index is -1.07. The first-order chi connectivity index (χ1) is 9.56. The average molecular weight is 277 g/mol. The molecule has 2 amide bonds. The number of aromatic nitrogens is 1. The molecule has 0 bridgehead atoms. The number of pyridine rings is 1. The summed E-state index contributed by atoms with van der Waals surface area (Å²) in [5, 5.41) is 14.4. The molecule has 1 fully saturated rings. The topological polar surface area (TPSA) is 91.3 Å². The lowest BCUT2D eigenvalue weighted by atomic mass is 10.0. The van der Waals surface area contributed by atoms with E-state index in [-0.39, 0.29) is 17.6 Å². The van der Waals surface area contributed by atoms with Gasteiger partial charge in [0.2, 0.25) is 0 Å². The number of aromatic carboxylic acids is 1. The maximum Gasteiger partial charge on any atom is 0.337 e. The maximum atomic E-state index is 11.9. The molecule has 3 N–H and O–H groups in total. The van der Waals surface area contributed by atoms with Crippen LogP contribution in [0.2, 0.25) is 0 Å². The van der Waals surface area contributed by atoms with Gasteiger partial charge in [0.25, 0.3) is 0 Å². The highest BCUT2D eigenvalue weighted by atomic mass is 16.4. The zero-order valence-electron chi connectivity index (χ0n) is 11.4. The highest BCUT2D eigenvalue weighted by Crippen LogP contribution is 2.27. The number of hydrogen-bond donors (Lipinski definition) is 3. The molecule has 1 aromatic rings. The first kappa shape index (κ1) is 14.3. The van der Waals surface area contributed by atoms with Crippen molar-refractivity contribution in [1.82, 2.24) is 10.3 Å². The fourth-order valence-corrected chi connectivity index (χ4v) is 2.57. The lowest BCUT2D eigenvalue weighted by Crippen LogP contribution is -2.39. The normalized spacial score (nSPS) is 16.6. The molecule has 20 heavy (non-hydrogen) atoms. The van der Waals surface area contributed by atoms with Crippen molar-refractivity contribution in [2.24, 2.45) is 5.92 Å². The van der Waals surface area contributed by atoms with Crippen molar-refractivity contribution in [2.75, 3.05) is 5.32 Å². The van der Waals surface area contributed by atoms with Gasteiger partial charge in [-0.15, -0.1) is 0 Å². The minimum Gasteiger partial charge on any atom is -0.478 e. The largest absolute Gasteiger partial charge is 0.478 e. The van der Waals surface area contributed by atoms with Gasteiger partial charge in [0, 0.05) is 12.2 Å². The Hall–Kier alpha value is -2.11. The van der Waals surface area contributed by atoms with Crippen LogP contribution in [0.5, 0.6) is 0 Å². The second kappa shape index (κ2) is 6.36. The molecule has 0 radical (unpaired) electrons. The van der Waals surface area contributed by atoms with Crippen LogP contribution >= 0.6 is 0 Å². The van der Waals surface area contributed by atoms with Gasteiger partial charge in [-0.2, -0.15) is 0 Å². The van der Waals surface area contributed by atoms with E-state index < -0.39 is 5.97 Å². The fourth-order valence-electron chi connectivity index (χ4n) is 2.57. The molecule has 6 nitrogen and oxygen atoms in total. The molecule has 0 saturated heterocycles. The Morgan fingerprint density at radius 3 is 2.70 bits per heavy atom. The number of nitrogens with one attached hydrogen (secondary N) is 2. The van der Waals surface area contributed by atoms with E-state index in [2.05, 4.69) is 15.6 Å². The molecular weight excluding hydrogens is 258 g/mol. The number of rotatable bonds is 4. The molecule has 0 aromatic carbocycles. The van der Waals surface area contributed by atoms with Gasteiger partial charge in [-0.25, -0.2) is 9.59 Å². The smallest absolute Gasteiger partial charge is 0.337 e. The van der Waals surface area contributed by atoms with E-state index in [1.54, 1.807) is 0 Å². The van der Waals surface area contributed by atoms with E-state index in [0.29, 0.717) is 11.6 Å². The molecule has 108 valence electrons. The SMILES string of the molecule is CC(NC(=O)Nc1cncc(C(=O)O)c1)C1CCCC1. The van der Waals surface area contributed by atoms with Gasteiger partial charge in [-0.3, -0.25) is 4.98 Å². The average Bonchev–Trinajstić information content (AvgIpc) is 2.92. The Bertz CT molecular complexity index is 498. The second-order valence-corrected chi connectivity index (χ2v) is 5.20. The third-order valence-electron chi connectivity index (χ3n) is 3.71. The Labute approximate surface area is 117 Å². The molecule has 1 aromatic heterocycles. The number of hydrogen-bond acceptors (Lipinski definition) is 3. The summed E-state index contributed by atoms with van der Waals surface area (Å²) in [6.45, 7) is 2.00. The molecule has 0 spiro atoms. The van der Waals surface area contributed by atoms with Crippen LogP contribution in [0, 0.1) is 5.92 Å². The highest BCUT2D eigenvalue weighted by Gasteiger charge is 2.22. The fraction of sp³-hybridized carbons (Fsp3) is 0.500. The zero-order chi connectivity index (χ0) is 14.5. The van der Waals surface area contributed by atoms with Crippen LogP contribution in [0.3, 0.4) is 0 Å². The number of carboxylic acid groups (broad SMARTS) is 1. The van der Waals surface area contributed by atoms with E-state index in [4.69, 9.17) is 5.11 Å². The van der Waals surface area contributed by atoms with Crippen LogP contribution in [0.15, 0.2) is 18.5 Å². The third-order valence-corrected chi connectivity index (χ3v) is 3.71. The summed E-state index contributed by atoms with van der Waals surface area (Å²) in [5.74, 6) is -0.537. The number of amides is 2. The number of carboxylic acids is 1. The van der Waals surface area contributed by atoms with Crippen molar-refractivity contribution < 1.29 is 14.7 Å². The van der Waals surface area contributed by atoms with Crippen LogP contribution in [-0.2, 0) is 0 Å². The summed E-state index contributed by atoms with van der Waals surface area (Å²) < 4.78 is 0. The van der Waals surface area contributed by atoms with Gasteiger partial charge in [0.15, 0.2) is 0 Å². The minimum absolute atomic E-state index is 0.0478. The lowest BCUT2D eigenvalue weighted by Gasteiger charge is -2.20. The van der Waals surface area contributed by atoms with Crippen LogP contribution < -0.4 is 10.6 Å². The molecule has 2 rings (SSSR count). The summed E-state index contributed by atoms with van der Waals surface area (Å²) >= 11 is 0. The van der Waals surface area contributed by atoms with Gasteiger partial charge in [-0.1, -0.05) is 12.8 Å². The monoisotopic (exact) mass is 277 g/mol. The first-order valence-corrected chi connectivity index (χ1v) is 6.82. The molecule has 0 aliphatic heterocycles. The Morgan fingerprint density at radius 2 is 2.05 bits per heavy atom. The predicted molar refractivity (Wildman–Crippen MR) is 74.8 cm³/mol. The predicted octanol–water partition coefficient (Wildman–Crippen LogP) is 2.48. The number of carbonyl (C=O) groups is 2. The molecule has 6 heteroatoms. The molecule has 1 aliphatic carbocycles. The van der Waals surface area contributed by atoms with Crippen LogP contribution in [0.1, 0.15) is 43.0 Å². The van der Waals surface area contributed by atoms with Gasteiger partial charge < -0.3 is 15.7 Å². The summed E-state index contributed by atoms with van der Waals surface area (Å²) in [6, 6.07) is 1.18. The van der Waals surface area contributed by atoms with E-state index in [0.717, 1.165) is 12.8 Å². The van der Waals surface area contributed by atoms with Crippen LogP contribution in [0.25, 0.3) is 0 Å². The summed E-state index contributed by atoms with van der Waals surface area (Å²) in [7, 11) is 0. The van der Waals surface area contributed by atoms with Gasteiger partial charge in [-0.05, 0) is 31.7 Å². The highest BCUT2D eigenvalue weighted by molar-refractivity contribution is 5.92. The number of anilines is 1. The van der Waals surface area contributed by atoms with Crippen molar-refractivity contribution in [3.8, 4) is 0 Å². The quantitative estimate of drug-likeness (QED) is 0.788. The van der Waals surface area contributed by atoms with Crippen LogP contribution in [-0.4, -0.2) is 28.1 Å². The summed E-state index contributed by atoms with van der Waals surface area (Å²) in [4.78, 5) is 26.5. The van der Waals surface area contributed by atoms with Gasteiger partial charge in [0.05, 0.1) is 17.4 Å². The molecule has 1 aliphatic rings. The molecule has 1 saturated carbocycles. The number of nitrogens with zero attached hydrogens (tertiary/aromatic N) is 1. The number of carbonyl (C=O) groups excluding carboxylic acids is 1. The lowest BCUT2D eigenvalue weighted by molar-refractivity contribution is 0.0696. The summed E-state index contributed by atoms with van der Waals surface area (Å²) in [5.41, 5.74) is 0.424. The number of urea groups is 1. The Kier molecular flexibility index (Phi) is 4.55. The van der Waals surface area contributed by atoms with Gasteiger partial charge >= 0.3 is 12.0 Å². The third kappa shape index (κ3) is 3.69. The van der Waals surface area contributed by atoms with Crippen molar-refractivity contribution in [1.29, 1.82) is 0 Å². The van der Waals surface area contributed by atoms with Crippen LogP contribution in [0.4, 0.5) is 10.5 Å². The molecule has 1 atom stereocenters. The maximum absolute atomic E-state index is 11.9. The zero-order valence-corrected chi connectivity index (χ0v) is 11.4. The standard InChI is InChI=1S/C14H19N3O3/c1-9(10-4-2-3-5-10)16-14(20)17-12-6-11(13(18)19)7-15-8-12/h6-10H,2-5H2,1H3,(H,18,19)(H2,16,17,20). The van der Waals surface area contributed by atoms with Crippen molar-refractivity contribution >= 4 is 17.7 Å². The first-order valence-electron chi connectivity index (χ1n) is 6.82. The molecular formula is C14H19N3O3. The Balaban J connectivity index is 1.90. The Morgan fingerprint density at radius 1 is 1.35 bits per heavy atom. The van der Waals surface area contributed by atoms with E-state index in [1.807, 2.05) is 6.92 Å². The van der Waals surface area contributed by atoms with Crippen molar-refractivity contribution in [3.05, 3.63) is 24.0 Å². The van der Waals surface area contributed by atoms with E-state index >= 15 is 0 Å². The van der Waals surface area contributed by atoms with E-state index in [9.17, 15) is 9.59 Å².